The van der Waals surface area contributed by atoms with Crippen LogP contribution in [0.2, 0.25) is 0 Å². The van der Waals surface area contributed by atoms with Crippen molar-refractivity contribution in [3.05, 3.63) is 0 Å². The molecule has 0 radical (unpaired) electrons. The van der Waals surface area contributed by atoms with Crippen molar-refractivity contribution in [2.24, 2.45) is 37.9 Å². The van der Waals surface area contributed by atoms with E-state index in [1.165, 1.54) is 116 Å². The third-order valence-corrected chi connectivity index (χ3v) is 17.5. The molecule has 300 valence electrons. The summed E-state index contributed by atoms with van der Waals surface area (Å²) in [5.74, 6) is 0. The average Bonchev–Trinajstić information content (AvgIpc) is 3.02. The Kier molecular flexibility index (Phi) is 13.8. The normalized spacial score (nSPS) is 29.5. The smallest absolute Gasteiger partial charge is 0.141 e. The Morgan fingerprint density at radius 2 is 0.686 bits per heavy atom. The molecule has 0 aromatic carbocycles. The van der Waals surface area contributed by atoms with Gasteiger partial charge in [-0.25, -0.2) is 19.6 Å². The molecule has 0 N–H and O–H groups in total. The van der Waals surface area contributed by atoms with E-state index in [2.05, 4.69) is 96.9 Å². The van der Waals surface area contributed by atoms with Crippen molar-refractivity contribution < 1.29 is 19.6 Å². The zero-order valence-electron chi connectivity index (χ0n) is 36.8. The van der Waals surface area contributed by atoms with Crippen LogP contribution in [0.25, 0.3) is 0 Å². The van der Waals surface area contributed by atoms with E-state index in [4.69, 9.17) is 19.6 Å². The number of unbranched alkanes of at least 4 members (excludes halogenated alkanes) is 8. The van der Waals surface area contributed by atoms with Gasteiger partial charge in [-0.15, -0.1) is 0 Å². The third-order valence-electron chi connectivity index (χ3n) is 17.5. The van der Waals surface area contributed by atoms with Crippen molar-refractivity contribution in [3.8, 4) is 0 Å². The van der Waals surface area contributed by atoms with Crippen molar-refractivity contribution in [1.29, 1.82) is 0 Å². The maximum atomic E-state index is 6.59. The highest BCUT2D eigenvalue weighted by atomic mass is 17.3. The molecule has 2 aliphatic carbocycles. The van der Waals surface area contributed by atoms with Gasteiger partial charge in [0.2, 0.25) is 0 Å². The monoisotopic (exact) mass is 717 g/mol. The molecule has 2 saturated carbocycles. The Morgan fingerprint density at radius 1 is 0.412 bits per heavy atom. The highest BCUT2D eigenvalue weighted by molar-refractivity contribution is 5.23. The molecule has 0 spiro atoms. The second kappa shape index (κ2) is 16.1. The SMILES string of the molecule is CCCCCC(C)(C)C1(C(C)(C)CCCCC)CCC2(C(C)(C)C34CCC(C(C)(C)CCCCC)(C(C)(C)CCCCC)CC3OO4)OOC2C1. The first-order valence-electron chi connectivity index (χ1n) is 22.5. The van der Waals surface area contributed by atoms with E-state index >= 15 is 0 Å². The van der Waals surface area contributed by atoms with Gasteiger partial charge in [-0.3, -0.25) is 0 Å². The van der Waals surface area contributed by atoms with Crippen LogP contribution < -0.4 is 0 Å². The molecule has 2 aliphatic heterocycles. The first-order chi connectivity index (χ1) is 23.8. The van der Waals surface area contributed by atoms with Crippen molar-refractivity contribution in [1.82, 2.24) is 0 Å². The molecule has 2 saturated heterocycles. The van der Waals surface area contributed by atoms with Crippen molar-refractivity contribution in [3.63, 3.8) is 0 Å². The molecule has 4 aliphatic rings. The zero-order chi connectivity index (χ0) is 38.0. The summed E-state index contributed by atoms with van der Waals surface area (Å²) in [7, 11) is 0. The fourth-order valence-electron chi connectivity index (χ4n) is 13.4. The van der Waals surface area contributed by atoms with Crippen molar-refractivity contribution in [2.75, 3.05) is 0 Å². The van der Waals surface area contributed by atoms with Crippen LogP contribution in [0, 0.1) is 37.9 Å². The third kappa shape index (κ3) is 7.20. The lowest BCUT2D eigenvalue weighted by Crippen LogP contribution is -2.80. The molecular weight excluding hydrogens is 629 g/mol. The minimum absolute atomic E-state index is 0.0824. The average molecular weight is 717 g/mol. The molecule has 4 heteroatoms. The van der Waals surface area contributed by atoms with Crippen LogP contribution in [-0.2, 0) is 19.6 Å². The summed E-state index contributed by atoms with van der Waals surface area (Å²) in [5.41, 5.74) is 0.314. The number of hydrogen-bond acceptors (Lipinski definition) is 4. The molecule has 51 heavy (non-hydrogen) atoms. The minimum atomic E-state index is -0.356. The highest BCUT2D eigenvalue weighted by Crippen LogP contribution is 2.74. The largest absolute Gasteiger partial charge is 0.229 e. The summed E-state index contributed by atoms with van der Waals surface area (Å²) in [6.07, 6.45) is 27.6. The predicted molar refractivity (Wildman–Crippen MR) is 215 cm³/mol. The zero-order valence-corrected chi connectivity index (χ0v) is 36.8. The lowest BCUT2D eigenvalue weighted by Gasteiger charge is -2.73. The molecule has 0 aromatic heterocycles. The number of hydrogen-bond donors (Lipinski definition) is 0. The van der Waals surface area contributed by atoms with Crippen molar-refractivity contribution >= 4 is 0 Å². The van der Waals surface area contributed by atoms with Crippen LogP contribution in [0.15, 0.2) is 0 Å². The van der Waals surface area contributed by atoms with Gasteiger partial charge in [-0.05, 0) is 96.7 Å². The summed E-state index contributed by atoms with van der Waals surface area (Å²) >= 11 is 0. The number of rotatable bonds is 22. The summed E-state index contributed by atoms with van der Waals surface area (Å²) in [5, 5.41) is 0. The lowest BCUT2D eigenvalue weighted by molar-refractivity contribution is -0.601. The van der Waals surface area contributed by atoms with E-state index in [1.807, 2.05) is 0 Å². The summed E-state index contributed by atoms with van der Waals surface area (Å²) < 4.78 is 0. The fourth-order valence-corrected chi connectivity index (χ4v) is 13.4. The molecule has 2 heterocycles. The van der Waals surface area contributed by atoms with Gasteiger partial charge in [0.05, 0.1) is 0 Å². The minimum Gasteiger partial charge on any atom is -0.229 e. The van der Waals surface area contributed by atoms with Gasteiger partial charge >= 0.3 is 0 Å². The first kappa shape index (κ1) is 43.6. The topological polar surface area (TPSA) is 36.9 Å². The van der Waals surface area contributed by atoms with Crippen LogP contribution in [0.4, 0.5) is 0 Å². The van der Waals surface area contributed by atoms with Crippen LogP contribution in [0.3, 0.4) is 0 Å². The van der Waals surface area contributed by atoms with E-state index in [9.17, 15) is 0 Å². The lowest BCUT2D eigenvalue weighted by atomic mass is 9.39. The molecule has 0 bridgehead atoms. The van der Waals surface area contributed by atoms with Gasteiger partial charge in [-0.1, -0.05) is 174 Å². The van der Waals surface area contributed by atoms with Gasteiger partial charge in [0.15, 0.2) is 0 Å². The first-order valence-corrected chi connectivity index (χ1v) is 22.5. The standard InChI is InChI=1S/C47H88O4/c1-15-19-23-27-39(5,6)44(40(7,8)28-24-20-16-2)31-33-46(37(35-44)48-50-46)43(13,14)47-34-32-45(36-38(47)49-51-47,41(9,10)29-25-21-17-3)42(11,12)30-26-22-18-4/h37-38H,15-36H2,1-14H3. The van der Waals surface area contributed by atoms with Crippen LogP contribution in [-0.4, -0.2) is 23.4 Å². The quantitative estimate of drug-likeness (QED) is 0.0825. The summed E-state index contributed by atoms with van der Waals surface area (Å²) in [4.78, 5) is 25.9. The van der Waals surface area contributed by atoms with E-state index in [1.54, 1.807) is 0 Å². The summed E-state index contributed by atoms with van der Waals surface area (Å²) in [6, 6.07) is 0. The molecule has 0 amide bonds. The Hall–Kier alpha value is -0.160. The van der Waals surface area contributed by atoms with E-state index in [-0.39, 0.29) is 61.3 Å². The maximum Gasteiger partial charge on any atom is 0.141 e. The Bertz CT molecular complexity index is 974. The molecule has 4 rings (SSSR count). The highest BCUT2D eigenvalue weighted by Gasteiger charge is 2.78. The van der Waals surface area contributed by atoms with Gasteiger partial charge in [-0.2, -0.15) is 0 Å². The molecule has 4 nitrogen and oxygen atoms in total. The Balaban J connectivity index is 1.66. The van der Waals surface area contributed by atoms with Gasteiger partial charge in [0, 0.05) is 5.41 Å². The molecule has 4 unspecified atom stereocenters. The van der Waals surface area contributed by atoms with Crippen LogP contribution >= 0.6 is 0 Å². The Morgan fingerprint density at radius 3 is 0.882 bits per heavy atom. The molecule has 4 fully saturated rings. The summed E-state index contributed by atoms with van der Waals surface area (Å²) in [6.45, 7) is 35.1. The maximum absolute atomic E-state index is 6.59. The Labute approximate surface area is 318 Å². The van der Waals surface area contributed by atoms with Crippen molar-refractivity contribution in [2.45, 2.75) is 262 Å². The van der Waals surface area contributed by atoms with E-state index in [0.29, 0.717) is 0 Å². The molecular formula is C47H88O4. The van der Waals surface area contributed by atoms with Gasteiger partial charge in [0.25, 0.3) is 0 Å². The second-order valence-electron chi connectivity index (χ2n) is 21.7. The second-order valence-corrected chi connectivity index (χ2v) is 21.7. The van der Waals surface area contributed by atoms with Gasteiger partial charge in [0.1, 0.15) is 23.4 Å². The predicted octanol–water partition coefficient (Wildman–Crippen LogP) is 14.9. The van der Waals surface area contributed by atoms with Gasteiger partial charge < -0.3 is 0 Å². The number of fused-ring (bicyclic) bond motifs is 2. The van der Waals surface area contributed by atoms with E-state index < -0.39 is 0 Å². The van der Waals surface area contributed by atoms with Crippen LogP contribution in [0.5, 0.6) is 0 Å². The molecule has 0 aromatic rings. The van der Waals surface area contributed by atoms with E-state index in [0.717, 1.165) is 25.7 Å². The van der Waals surface area contributed by atoms with Crippen LogP contribution in [0.1, 0.15) is 238 Å². The fraction of sp³-hybridized carbons (Fsp3) is 1.00. The molecule has 4 atom stereocenters.